The van der Waals surface area contributed by atoms with Crippen molar-refractivity contribution in [3.63, 3.8) is 0 Å². The molecule has 0 spiro atoms. The normalized spacial score (nSPS) is 16.8. The number of hydrogen-bond donors (Lipinski definition) is 0. The summed E-state index contributed by atoms with van der Waals surface area (Å²) in [5.74, 6) is 1.20. The van der Waals surface area contributed by atoms with Crippen LogP contribution in [-0.2, 0) is 0 Å². The Morgan fingerprint density at radius 3 is 2.69 bits per heavy atom. The Labute approximate surface area is 88.0 Å². The zero-order valence-electron chi connectivity index (χ0n) is 7.51. The molecule has 0 N–H and O–H groups in total. The van der Waals surface area contributed by atoms with Crippen molar-refractivity contribution >= 4 is 28.3 Å². The molecular formula is C11H11ClS. The van der Waals surface area contributed by atoms with Crippen molar-refractivity contribution < 1.29 is 0 Å². The first-order valence-electron chi connectivity index (χ1n) is 4.36. The monoisotopic (exact) mass is 210 g/mol. The van der Waals surface area contributed by atoms with E-state index in [1.807, 2.05) is 30.0 Å². The van der Waals surface area contributed by atoms with Gasteiger partial charge in [-0.2, -0.15) is 0 Å². The minimum Gasteiger partial charge on any atom is -0.125 e. The zero-order chi connectivity index (χ0) is 9.26. The third-order valence-corrected chi connectivity index (χ3v) is 3.82. The number of halogens is 1. The lowest BCUT2D eigenvalue weighted by Gasteiger charge is -2.05. The second-order valence-electron chi connectivity index (χ2n) is 3.19. The highest BCUT2D eigenvalue weighted by atomic mass is 35.5. The highest BCUT2D eigenvalue weighted by Gasteiger charge is 2.14. The molecule has 68 valence electrons. The molecular weight excluding hydrogens is 200 g/mol. The molecule has 0 aromatic heterocycles. The van der Waals surface area contributed by atoms with Crippen LogP contribution in [0.15, 0.2) is 29.8 Å². The highest BCUT2D eigenvalue weighted by molar-refractivity contribution is 8.08. The van der Waals surface area contributed by atoms with Crippen LogP contribution in [0.4, 0.5) is 0 Å². The first kappa shape index (κ1) is 9.17. The van der Waals surface area contributed by atoms with E-state index in [9.17, 15) is 0 Å². The molecule has 1 heterocycles. The average Bonchev–Trinajstić information content (AvgIpc) is 2.52. The smallest absolute Gasteiger partial charge is 0.0489 e. The fraction of sp³-hybridized carbons (Fsp3) is 0.273. The SMILES string of the molecule is CC1=C(c2ccccc2Cl)SCC1. The fourth-order valence-electron chi connectivity index (χ4n) is 1.50. The number of benzene rings is 1. The van der Waals surface area contributed by atoms with E-state index in [1.165, 1.54) is 28.2 Å². The maximum atomic E-state index is 6.12. The average molecular weight is 211 g/mol. The molecule has 0 saturated heterocycles. The van der Waals surface area contributed by atoms with Crippen LogP contribution >= 0.6 is 23.4 Å². The third-order valence-electron chi connectivity index (χ3n) is 2.23. The molecule has 0 radical (unpaired) electrons. The van der Waals surface area contributed by atoms with Gasteiger partial charge in [0.15, 0.2) is 0 Å². The maximum Gasteiger partial charge on any atom is 0.0489 e. The van der Waals surface area contributed by atoms with E-state index in [-0.39, 0.29) is 0 Å². The molecule has 1 aromatic carbocycles. The Morgan fingerprint density at radius 2 is 2.08 bits per heavy atom. The lowest BCUT2D eigenvalue weighted by Crippen LogP contribution is -1.80. The van der Waals surface area contributed by atoms with Crippen molar-refractivity contribution in [3.8, 4) is 0 Å². The molecule has 0 unspecified atom stereocenters. The molecule has 0 aliphatic carbocycles. The van der Waals surface area contributed by atoms with Crippen LogP contribution < -0.4 is 0 Å². The summed E-state index contributed by atoms with van der Waals surface area (Å²) in [6, 6.07) is 8.07. The van der Waals surface area contributed by atoms with Gasteiger partial charge < -0.3 is 0 Å². The zero-order valence-corrected chi connectivity index (χ0v) is 9.08. The van der Waals surface area contributed by atoms with Crippen LogP contribution in [0.3, 0.4) is 0 Å². The van der Waals surface area contributed by atoms with Crippen molar-refractivity contribution in [2.75, 3.05) is 5.75 Å². The van der Waals surface area contributed by atoms with Crippen LogP contribution in [0.2, 0.25) is 5.02 Å². The van der Waals surface area contributed by atoms with Gasteiger partial charge in [0.25, 0.3) is 0 Å². The van der Waals surface area contributed by atoms with E-state index in [0.717, 1.165) is 5.02 Å². The Balaban J connectivity index is 2.46. The van der Waals surface area contributed by atoms with Crippen molar-refractivity contribution in [1.82, 2.24) is 0 Å². The standard InChI is InChI=1S/C11H11ClS/c1-8-6-7-13-11(8)9-4-2-3-5-10(9)12/h2-5H,6-7H2,1H3. The maximum absolute atomic E-state index is 6.12. The summed E-state index contributed by atoms with van der Waals surface area (Å²) in [6.45, 7) is 2.19. The third kappa shape index (κ3) is 1.77. The van der Waals surface area contributed by atoms with E-state index >= 15 is 0 Å². The molecule has 1 aliphatic rings. The largest absolute Gasteiger partial charge is 0.125 e. The lowest BCUT2D eigenvalue weighted by atomic mass is 10.1. The number of thioether (sulfide) groups is 1. The van der Waals surface area contributed by atoms with Gasteiger partial charge in [0.1, 0.15) is 0 Å². The van der Waals surface area contributed by atoms with E-state index in [4.69, 9.17) is 11.6 Å². The van der Waals surface area contributed by atoms with Crippen molar-refractivity contribution in [3.05, 3.63) is 40.4 Å². The Bertz CT molecular complexity index is 355. The van der Waals surface area contributed by atoms with Gasteiger partial charge in [0.2, 0.25) is 0 Å². The Morgan fingerprint density at radius 1 is 1.31 bits per heavy atom. The van der Waals surface area contributed by atoms with Gasteiger partial charge in [-0.3, -0.25) is 0 Å². The van der Waals surface area contributed by atoms with E-state index in [2.05, 4.69) is 13.0 Å². The number of hydrogen-bond acceptors (Lipinski definition) is 1. The predicted molar refractivity (Wildman–Crippen MR) is 61.1 cm³/mol. The van der Waals surface area contributed by atoms with Gasteiger partial charge >= 0.3 is 0 Å². The minimum absolute atomic E-state index is 0.867. The molecule has 0 nitrogen and oxygen atoms in total. The lowest BCUT2D eigenvalue weighted by molar-refractivity contribution is 1.15. The van der Waals surface area contributed by atoms with Gasteiger partial charge in [-0.15, -0.1) is 11.8 Å². The number of allylic oxidation sites excluding steroid dienone is 1. The quantitative estimate of drug-likeness (QED) is 0.669. The second kappa shape index (κ2) is 3.77. The predicted octanol–water partition coefficient (Wildman–Crippen LogP) is 4.21. The Kier molecular flexibility index (Phi) is 2.66. The molecule has 2 heteroatoms. The molecule has 0 saturated carbocycles. The second-order valence-corrected chi connectivity index (χ2v) is 4.70. The first-order valence-corrected chi connectivity index (χ1v) is 5.73. The summed E-state index contributed by atoms with van der Waals surface area (Å²) >= 11 is 8.04. The van der Waals surface area contributed by atoms with Crippen molar-refractivity contribution in [1.29, 1.82) is 0 Å². The van der Waals surface area contributed by atoms with Crippen LogP contribution in [0.1, 0.15) is 18.9 Å². The van der Waals surface area contributed by atoms with Gasteiger partial charge in [0, 0.05) is 21.2 Å². The molecule has 1 aromatic rings. The molecule has 13 heavy (non-hydrogen) atoms. The van der Waals surface area contributed by atoms with Crippen LogP contribution in [0.5, 0.6) is 0 Å². The van der Waals surface area contributed by atoms with Gasteiger partial charge in [-0.05, 0) is 19.4 Å². The van der Waals surface area contributed by atoms with Gasteiger partial charge in [-0.1, -0.05) is 35.4 Å². The van der Waals surface area contributed by atoms with Gasteiger partial charge in [-0.25, -0.2) is 0 Å². The minimum atomic E-state index is 0.867. The summed E-state index contributed by atoms with van der Waals surface area (Å²) in [5, 5.41) is 0.867. The Hall–Kier alpha value is -0.400. The van der Waals surface area contributed by atoms with Crippen LogP contribution in [0, 0.1) is 0 Å². The van der Waals surface area contributed by atoms with E-state index < -0.39 is 0 Å². The summed E-state index contributed by atoms with van der Waals surface area (Å²) in [7, 11) is 0. The first-order chi connectivity index (χ1) is 6.29. The van der Waals surface area contributed by atoms with E-state index in [0.29, 0.717) is 0 Å². The van der Waals surface area contributed by atoms with Crippen LogP contribution in [-0.4, -0.2) is 5.75 Å². The van der Waals surface area contributed by atoms with Crippen LogP contribution in [0.25, 0.3) is 4.91 Å². The fourth-order valence-corrected chi connectivity index (χ4v) is 3.08. The summed E-state index contributed by atoms with van der Waals surface area (Å²) in [4.78, 5) is 1.38. The molecule has 0 amide bonds. The van der Waals surface area contributed by atoms with Gasteiger partial charge in [0.05, 0.1) is 0 Å². The number of rotatable bonds is 1. The topological polar surface area (TPSA) is 0 Å². The van der Waals surface area contributed by atoms with Crippen molar-refractivity contribution in [2.45, 2.75) is 13.3 Å². The molecule has 2 rings (SSSR count). The molecule has 0 fully saturated rings. The molecule has 0 bridgehead atoms. The summed E-state index contributed by atoms with van der Waals surface area (Å²) < 4.78 is 0. The summed E-state index contributed by atoms with van der Waals surface area (Å²) in [6.07, 6.45) is 1.20. The highest BCUT2D eigenvalue weighted by Crippen LogP contribution is 2.41. The van der Waals surface area contributed by atoms with Crippen molar-refractivity contribution in [2.24, 2.45) is 0 Å². The molecule has 1 aliphatic heterocycles. The summed E-state index contributed by atoms with van der Waals surface area (Å²) in [5.41, 5.74) is 2.67. The molecule has 0 atom stereocenters. The van der Waals surface area contributed by atoms with E-state index in [1.54, 1.807) is 0 Å².